The Hall–Kier alpha value is -0.0800. The molecular weight excluding hydrogens is 294 g/mol. The van der Waals surface area contributed by atoms with Crippen molar-refractivity contribution in [2.75, 3.05) is 13.1 Å². The largest absolute Gasteiger partial charge is 0.387 e. The van der Waals surface area contributed by atoms with Crippen molar-refractivity contribution in [3.05, 3.63) is 0 Å². The van der Waals surface area contributed by atoms with E-state index in [2.05, 4.69) is 27.7 Å². The number of piperidine rings is 2. The molecule has 9 unspecified atom stereocenters. The summed E-state index contributed by atoms with van der Waals surface area (Å²) in [6.07, 6.45) is 9.74. The molecule has 24 heavy (non-hydrogen) atoms. The Morgan fingerprint density at radius 3 is 2.50 bits per heavy atom. The average molecular weight is 333 g/mol. The van der Waals surface area contributed by atoms with Gasteiger partial charge in [-0.3, -0.25) is 0 Å². The van der Waals surface area contributed by atoms with Gasteiger partial charge in [-0.1, -0.05) is 20.8 Å². The van der Waals surface area contributed by atoms with Crippen LogP contribution in [0.15, 0.2) is 0 Å². The van der Waals surface area contributed by atoms with Crippen LogP contribution in [0.2, 0.25) is 0 Å². The first-order chi connectivity index (χ1) is 11.3. The van der Waals surface area contributed by atoms with Gasteiger partial charge in [0.05, 0.1) is 0 Å². The number of fused-ring (bicyclic) bond motifs is 4. The summed E-state index contributed by atoms with van der Waals surface area (Å²) in [6.45, 7) is 12.7. The molecule has 1 N–H and O–H groups in total. The average Bonchev–Trinajstić information content (AvgIpc) is 3.08. The molecule has 136 valence electrons. The van der Waals surface area contributed by atoms with Crippen LogP contribution in [0, 0.1) is 35.0 Å². The second-order valence-corrected chi connectivity index (χ2v) is 11.2. The number of rotatable bonds is 1. The molecule has 5 aliphatic rings. The van der Waals surface area contributed by atoms with Crippen LogP contribution in [0.3, 0.4) is 0 Å². The lowest BCUT2D eigenvalue weighted by atomic mass is 9.51. The molecule has 3 heterocycles. The first-order valence-corrected chi connectivity index (χ1v) is 10.9. The van der Waals surface area contributed by atoms with E-state index in [1.807, 2.05) is 0 Å². The smallest absolute Gasteiger partial charge is 0.140 e. The predicted molar refractivity (Wildman–Crippen MR) is 97.4 cm³/mol. The van der Waals surface area contributed by atoms with Gasteiger partial charge in [-0.2, -0.15) is 0 Å². The molecule has 0 bridgehead atoms. The second-order valence-electron chi connectivity index (χ2n) is 11.2. The lowest BCUT2D eigenvalue weighted by Crippen LogP contribution is -2.67. The van der Waals surface area contributed by atoms with Crippen LogP contribution >= 0.6 is 0 Å². The minimum Gasteiger partial charge on any atom is -0.387 e. The summed E-state index contributed by atoms with van der Waals surface area (Å²) in [5.41, 5.74) is 1.12. The summed E-state index contributed by atoms with van der Waals surface area (Å²) in [6, 6.07) is 0.895. The number of hydrogen-bond acceptors (Lipinski definition) is 1. The van der Waals surface area contributed by atoms with Crippen molar-refractivity contribution in [2.24, 2.45) is 35.0 Å². The van der Waals surface area contributed by atoms with Crippen LogP contribution < -0.4 is 0 Å². The first-order valence-electron chi connectivity index (χ1n) is 10.9. The fourth-order valence-electron chi connectivity index (χ4n) is 9.17. The summed E-state index contributed by atoms with van der Waals surface area (Å²) >= 11 is 0. The molecule has 0 amide bonds. The van der Waals surface area contributed by atoms with Crippen LogP contribution in [0.5, 0.6) is 0 Å². The lowest BCUT2D eigenvalue weighted by molar-refractivity contribution is -0.891. The maximum atomic E-state index is 10.3. The third-order valence-corrected chi connectivity index (χ3v) is 10.3. The number of aliphatic hydroxyl groups is 1. The monoisotopic (exact) mass is 332 g/mol. The molecule has 0 radical (unpaired) electrons. The van der Waals surface area contributed by atoms with Crippen LogP contribution in [-0.2, 0) is 0 Å². The summed E-state index contributed by atoms with van der Waals surface area (Å²) in [4.78, 5) is 0. The molecule has 0 aromatic rings. The van der Waals surface area contributed by atoms with Crippen molar-refractivity contribution >= 4 is 0 Å². The highest BCUT2D eigenvalue weighted by Crippen LogP contribution is 2.69. The molecule has 0 aromatic carbocycles. The summed E-state index contributed by atoms with van der Waals surface area (Å²) in [5, 5.41) is 10.3. The van der Waals surface area contributed by atoms with Crippen LogP contribution in [0.25, 0.3) is 0 Å². The molecule has 5 rings (SSSR count). The van der Waals surface area contributed by atoms with Crippen LogP contribution in [0.4, 0.5) is 0 Å². The van der Waals surface area contributed by atoms with Crippen molar-refractivity contribution < 1.29 is 9.59 Å². The highest BCUT2D eigenvalue weighted by molar-refractivity contribution is 5.12. The Kier molecular flexibility index (Phi) is 3.22. The zero-order valence-corrected chi connectivity index (χ0v) is 16.3. The Balaban J connectivity index is 1.48. The van der Waals surface area contributed by atoms with E-state index in [0.717, 1.165) is 48.6 Å². The van der Waals surface area contributed by atoms with E-state index in [4.69, 9.17) is 0 Å². The third-order valence-electron chi connectivity index (χ3n) is 10.3. The zero-order valence-electron chi connectivity index (χ0n) is 16.3. The molecule has 9 atom stereocenters. The predicted octanol–water partition coefficient (Wildman–Crippen LogP) is 4.22. The Bertz CT molecular complexity index is 546. The SMILES string of the molecule is CC(C)C1CCC2C3CC4C[N+]45CC(O)CCC5(C)C3CCC12C. The molecule has 3 aliphatic heterocycles. The minimum absolute atomic E-state index is 0.0229. The van der Waals surface area contributed by atoms with E-state index >= 15 is 0 Å². The van der Waals surface area contributed by atoms with Crippen molar-refractivity contribution in [3.63, 3.8) is 0 Å². The number of nitrogens with zero attached hydrogens (tertiary/aromatic N) is 1. The van der Waals surface area contributed by atoms with E-state index in [0.29, 0.717) is 11.0 Å². The van der Waals surface area contributed by atoms with E-state index in [1.54, 1.807) is 0 Å². The highest BCUT2D eigenvalue weighted by atomic mass is 16.3. The standard InChI is InChI=1S/C22H38NO/c1-14(2)18-5-6-19-17-11-15-12-23(15)13-16(24)7-10-22(23,4)20(17)8-9-21(18,19)3/h14-20,24H,5-13H2,1-4H3/q+1. The van der Waals surface area contributed by atoms with E-state index < -0.39 is 0 Å². The lowest BCUT2D eigenvalue weighted by Gasteiger charge is -2.60. The number of hydrogen-bond donors (Lipinski definition) is 1. The number of quaternary nitrogens is 1. The van der Waals surface area contributed by atoms with Gasteiger partial charge in [0.1, 0.15) is 30.8 Å². The van der Waals surface area contributed by atoms with Gasteiger partial charge in [-0.25, -0.2) is 0 Å². The van der Waals surface area contributed by atoms with Gasteiger partial charge < -0.3 is 9.59 Å². The van der Waals surface area contributed by atoms with Gasteiger partial charge in [0, 0.05) is 18.8 Å². The summed E-state index contributed by atoms with van der Waals surface area (Å²) in [5.74, 6) is 4.75. The van der Waals surface area contributed by atoms with Crippen molar-refractivity contribution in [3.8, 4) is 0 Å². The Morgan fingerprint density at radius 2 is 1.75 bits per heavy atom. The number of aliphatic hydroxyl groups excluding tert-OH is 1. The third kappa shape index (κ3) is 1.76. The van der Waals surface area contributed by atoms with Crippen molar-refractivity contribution in [1.82, 2.24) is 0 Å². The first kappa shape index (κ1) is 16.1. The van der Waals surface area contributed by atoms with Gasteiger partial charge in [0.15, 0.2) is 0 Å². The van der Waals surface area contributed by atoms with Crippen molar-refractivity contribution in [1.29, 1.82) is 0 Å². The van der Waals surface area contributed by atoms with Crippen molar-refractivity contribution in [2.45, 2.75) is 90.3 Å². The molecule has 5 fully saturated rings. The van der Waals surface area contributed by atoms with Crippen LogP contribution in [-0.4, -0.2) is 40.4 Å². The molecule has 2 saturated carbocycles. The normalized spacial score (nSPS) is 61.8. The van der Waals surface area contributed by atoms with E-state index in [1.165, 1.54) is 49.6 Å². The van der Waals surface area contributed by atoms with Gasteiger partial charge >= 0.3 is 0 Å². The topological polar surface area (TPSA) is 20.2 Å². The fraction of sp³-hybridized carbons (Fsp3) is 1.00. The second kappa shape index (κ2) is 4.80. The maximum absolute atomic E-state index is 10.3. The highest BCUT2D eigenvalue weighted by Gasteiger charge is 2.75. The quantitative estimate of drug-likeness (QED) is 0.563. The molecule has 3 saturated heterocycles. The van der Waals surface area contributed by atoms with Gasteiger partial charge in [-0.15, -0.1) is 0 Å². The molecule has 2 heteroatoms. The molecular formula is C22H38NO+. The molecule has 2 nitrogen and oxygen atoms in total. The van der Waals surface area contributed by atoms with Crippen LogP contribution in [0.1, 0.15) is 72.6 Å². The Labute approximate surface area is 148 Å². The molecule has 2 aliphatic carbocycles. The van der Waals surface area contributed by atoms with Gasteiger partial charge in [0.25, 0.3) is 0 Å². The van der Waals surface area contributed by atoms with E-state index in [-0.39, 0.29) is 6.10 Å². The maximum Gasteiger partial charge on any atom is 0.140 e. The molecule has 1 spiro atoms. The summed E-state index contributed by atoms with van der Waals surface area (Å²) in [7, 11) is 0. The van der Waals surface area contributed by atoms with Gasteiger partial charge in [-0.05, 0) is 68.1 Å². The minimum atomic E-state index is -0.0229. The van der Waals surface area contributed by atoms with Gasteiger partial charge in [0.2, 0.25) is 0 Å². The molecule has 0 aromatic heterocycles. The Morgan fingerprint density at radius 1 is 0.958 bits per heavy atom. The zero-order chi connectivity index (χ0) is 16.9. The van der Waals surface area contributed by atoms with E-state index in [9.17, 15) is 5.11 Å². The fourth-order valence-corrected chi connectivity index (χ4v) is 9.17. The summed E-state index contributed by atoms with van der Waals surface area (Å²) < 4.78 is 1.31.